The number of carbonyl (C=O) groups excluding carboxylic acids is 1. The molecule has 2 aromatic carbocycles. The number of carbonyl (C=O) groups is 1. The highest BCUT2D eigenvalue weighted by Gasteiger charge is 2.22. The first-order chi connectivity index (χ1) is 16.2. The summed E-state index contributed by atoms with van der Waals surface area (Å²) in [6, 6.07) is 16.5. The molecule has 6 heteroatoms. The molecule has 3 aromatic rings. The van der Waals surface area contributed by atoms with Crippen molar-refractivity contribution in [2.24, 2.45) is 5.92 Å². The van der Waals surface area contributed by atoms with Crippen LogP contribution in [0.3, 0.4) is 0 Å². The van der Waals surface area contributed by atoms with E-state index in [2.05, 4.69) is 39.5 Å². The van der Waals surface area contributed by atoms with Crippen molar-refractivity contribution >= 4 is 23.0 Å². The first-order valence-electron chi connectivity index (χ1n) is 11.9. The Labute approximate surface area is 195 Å². The van der Waals surface area contributed by atoms with Gasteiger partial charge in [0.2, 0.25) is 0 Å². The summed E-state index contributed by atoms with van der Waals surface area (Å²) in [6.07, 6.45) is 8.52. The van der Waals surface area contributed by atoms with E-state index in [0.29, 0.717) is 18.0 Å². The summed E-state index contributed by atoms with van der Waals surface area (Å²) in [7, 11) is 0. The van der Waals surface area contributed by atoms with Crippen LogP contribution in [-0.2, 0) is 16.0 Å². The van der Waals surface area contributed by atoms with Crippen LogP contribution in [0.25, 0.3) is 11.3 Å². The number of aromatic nitrogens is 2. The van der Waals surface area contributed by atoms with E-state index in [1.54, 1.807) is 12.4 Å². The van der Waals surface area contributed by atoms with Crippen LogP contribution in [0.1, 0.15) is 31.2 Å². The number of rotatable bonds is 7. The van der Waals surface area contributed by atoms with Crippen molar-refractivity contribution < 1.29 is 9.53 Å². The Morgan fingerprint density at radius 1 is 0.970 bits per heavy atom. The van der Waals surface area contributed by atoms with Crippen molar-refractivity contribution in [2.75, 3.05) is 36.5 Å². The minimum atomic E-state index is 0.265. The van der Waals surface area contributed by atoms with Crippen LogP contribution in [0, 0.1) is 5.92 Å². The first kappa shape index (κ1) is 21.6. The highest BCUT2D eigenvalue weighted by Crippen LogP contribution is 2.27. The zero-order valence-electron chi connectivity index (χ0n) is 18.9. The van der Waals surface area contributed by atoms with Gasteiger partial charge in [0.1, 0.15) is 11.6 Å². The average Bonchev–Trinajstić information content (AvgIpc) is 3.41. The van der Waals surface area contributed by atoms with Crippen molar-refractivity contribution in [3.8, 4) is 11.3 Å². The highest BCUT2D eigenvalue weighted by molar-refractivity contribution is 5.83. The maximum absolute atomic E-state index is 12.5. The average molecular weight is 443 g/mol. The Hall–Kier alpha value is -3.25. The van der Waals surface area contributed by atoms with E-state index in [1.807, 2.05) is 24.3 Å². The van der Waals surface area contributed by atoms with Gasteiger partial charge in [0.25, 0.3) is 0 Å². The normalized spacial score (nSPS) is 16.7. The highest BCUT2D eigenvalue weighted by atomic mass is 16.5. The topological polar surface area (TPSA) is 67.4 Å². The lowest BCUT2D eigenvalue weighted by molar-refractivity contribution is -0.122. The maximum Gasteiger partial charge on any atom is 0.149 e. The van der Waals surface area contributed by atoms with Crippen molar-refractivity contribution in [1.29, 1.82) is 0 Å². The lowest BCUT2D eigenvalue weighted by Crippen LogP contribution is -2.36. The molecular formula is C27H30N4O2. The molecule has 1 aliphatic carbocycles. The minimum absolute atomic E-state index is 0.265. The second-order valence-electron chi connectivity index (χ2n) is 8.88. The number of hydrogen-bond acceptors (Lipinski definition) is 6. The van der Waals surface area contributed by atoms with Gasteiger partial charge in [-0.3, -0.25) is 9.78 Å². The van der Waals surface area contributed by atoms with E-state index in [9.17, 15) is 4.79 Å². The Balaban J connectivity index is 1.23. The maximum atomic E-state index is 12.5. The van der Waals surface area contributed by atoms with E-state index < -0.39 is 0 Å². The molecule has 0 bridgehead atoms. The van der Waals surface area contributed by atoms with Gasteiger partial charge >= 0.3 is 0 Å². The molecule has 170 valence electrons. The molecule has 0 spiro atoms. The SMILES string of the molecule is O=C(Cc1ccc(-c2cncc(Nc3ccc(N4CCOCC4)cc3)n2)cc1)C1CCCC1. The molecule has 2 fully saturated rings. The standard InChI is InChI=1S/C27H30N4O2/c32-26(22-3-1-2-4-22)17-20-5-7-21(8-6-20)25-18-28-19-27(30-25)29-23-9-11-24(12-10-23)31-13-15-33-16-14-31/h5-12,18-19,22H,1-4,13-17H2,(H,29,30). The molecule has 5 rings (SSSR count). The summed E-state index contributed by atoms with van der Waals surface area (Å²) < 4.78 is 5.43. The summed E-state index contributed by atoms with van der Waals surface area (Å²) in [5.74, 6) is 1.35. The van der Waals surface area contributed by atoms with Crippen molar-refractivity contribution in [3.63, 3.8) is 0 Å². The van der Waals surface area contributed by atoms with Gasteiger partial charge in [-0.25, -0.2) is 4.98 Å². The largest absolute Gasteiger partial charge is 0.378 e. The van der Waals surface area contributed by atoms with Gasteiger partial charge in [0.05, 0.1) is 31.3 Å². The van der Waals surface area contributed by atoms with Gasteiger partial charge < -0.3 is 15.0 Å². The molecule has 1 saturated carbocycles. The van der Waals surface area contributed by atoms with E-state index in [0.717, 1.165) is 61.7 Å². The number of morpholine rings is 1. The molecule has 0 radical (unpaired) electrons. The Kier molecular flexibility index (Phi) is 6.63. The Bertz CT molecular complexity index is 1070. The summed E-state index contributed by atoms with van der Waals surface area (Å²) in [5.41, 5.74) is 5.04. The molecule has 2 aliphatic rings. The molecule has 2 heterocycles. The summed E-state index contributed by atoms with van der Waals surface area (Å²) in [6.45, 7) is 3.40. The molecule has 1 aromatic heterocycles. The smallest absolute Gasteiger partial charge is 0.149 e. The van der Waals surface area contributed by atoms with E-state index in [1.165, 1.54) is 18.5 Å². The first-order valence-corrected chi connectivity index (χ1v) is 11.9. The number of nitrogens with zero attached hydrogens (tertiary/aromatic N) is 3. The predicted octanol–water partition coefficient (Wildman–Crippen LogP) is 5.03. The lowest BCUT2D eigenvalue weighted by atomic mass is 9.96. The number of benzene rings is 2. The van der Waals surface area contributed by atoms with Crippen LogP contribution in [-0.4, -0.2) is 42.1 Å². The van der Waals surface area contributed by atoms with Gasteiger partial charge in [-0.15, -0.1) is 0 Å². The van der Waals surface area contributed by atoms with E-state index in [-0.39, 0.29) is 5.92 Å². The summed E-state index contributed by atoms with van der Waals surface area (Å²) >= 11 is 0. The van der Waals surface area contributed by atoms with Gasteiger partial charge in [-0.1, -0.05) is 37.1 Å². The molecular weight excluding hydrogens is 412 g/mol. The van der Waals surface area contributed by atoms with Crippen LogP contribution in [0.15, 0.2) is 60.9 Å². The van der Waals surface area contributed by atoms with Crippen LogP contribution in [0.5, 0.6) is 0 Å². The van der Waals surface area contributed by atoms with Gasteiger partial charge in [0.15, 0.2) is 0 Å². The number of Topliss-reactive ketones (excluding diaryl/α,β-unsaturated/α-hetero) is 1. The predicted molar refractivity (Wildman–Crippen MR) is 131 cm³/mol. The molecule has 0 atom stereocenters. The van der Waals surface area contributed by atoms with E-state index >= 15 is 0 Å². The quantitative estimate of drug-likeness (QED) is 0.554. The molecule has 6 nitrogen and oxygen atoms in total. The third kappa shape index (κ3) is 5.40. The number of nitrogens with one attached hydrogen (secondary N) is 1. The second kappa shape index (κ2) is 10.1. The van der Waals surface area contributed by atoms with Crippen molar-refractivity contribution in [1.82, 2.24) is 9.97 Å². The Morgan fingerprint density at radius 3 is 2.42 bits per heavy atom. The van der Waals surface area contributed by atoms with Gasteiger partial charge in [-0.2, -0.15) is 0 Å². The number of ketones is 1. The third-order valence-electron chi connectivity index (χ3n) is 6.59. The summed E-state index contributed by atoms with van der Waals surface area (Å²) in [5, 5.41) is 3.35. The van der Waals surface area contributed by atoms with Crippen LogP contribution < -0.4 is 10.2 Å². The van der Waals surface area contributed by atoms with E-state index in [4.69, 9.17) is 9.72 Å². The molecule has 1 aliphatic heterocycles. The van der Waals surface area contributed by atoms with Crippen molar-refractivity contribution in [3.05, 3.63) is 66.5 Å². The van der Waals surface area contributed by atoms with Crippen LogP contribution in [0.2, 0.25) is 0 Å². The molecule has 0 amide bonds. The van der Waals surface area contributed by atoms with Crippen molar-refractivity contribution in [2.45, 2.75) is 32.1 Å². The molecule has 1 N–H and O–H groups in total. The second-order valence-corrected chi connectivity index (χ2v) is 8.88. The molecule has 1 saturated heterocycles. The van der Waals surface area contributed by atoms with Crippen LogP contribution in [0.4, 0.5) is 17.2 Å². The Morgan fingerprint density at radius 2 is 1.70 bits per heavy atom. The molecule has 33 heavy (non-hydrogen) atoms. The van der Waals surface area contributed by atoms with Gasteiger partial charge in [0, 0.05) is 42.4 Å². The van der Waals surface area contributed by atoms with Crippen LogP contribution >= 0.6 is 0 Å². The zero-order valence-corrected chi connectivity index (χ0v) is 18.9. The number of ether oxygens (including phenoxy) is 1. The minimum Gasteiger partial charge on any atom is -0.378 e. The molecule has 0 unspecified atom stereocenters. The number of hydrogen-bond donors (Lipinski definition) is 1. The zero-order chi connectivity index (χ0) is 22.5. The fraction of sp³-hybridized carbons (Fsp3) is 0.370. The van der Waals surface area contributed by atoms with Gasteiger partial charge in [-0.05, 0) is 42.7 Å². The monoisotopic (exact) mass is 442 g/mol. The lowest BCUT2D eigenvalue weighted by Gasteiger charge is -2.28. The fourth-order valence-corrected chi connectivity index (χ4v) is 4.68. The summed E-state index contributed by atoms with van der Waals surface area (Å²) in [4.78, 5) is 23.9. The third-order valence-corrected chi connectivity index (χ3v) is 6.59. The number of anilines is 3. The fourth-order valence-electron chi connectivity index (χ4n) is 4.68.